The van der Waals surface area contributed by atoms with Crippen molar-refractivity contribution in [2.75, 3.05) is 33.9 Å². The third kappa shape index (κ3) is 4.27. The van der Waals surface area contributed by atoms with Gasteiger partial charge in [-0.2, -0.15) is 0 Å². The molecule has 1 atom stereocenters. The molecule has 138 valence electrons. The Balaban J connectivity index is 1.67. The molecule has 0 bridgehead atoms. The van der Waals surface area contributed by atoms with Gasteiger partial charge in [0, 0.05) is 13.1 Å². The number of nitrogens with zero attached hydrogens (tertiary/aromatic N) is 1. The number of morpholine rings is 1. The highest BCUT2D eigenvalue weighted by molar-refractivity contribution is 5.97. The van der Waals surface area contributed by atoms with Crippen molar-refractivity contribution in [2.24, 2.45) is 5.92 Å². The van der Waals surface area contributed by atoms with E-state index >= 15 is 0 Å². The van der Waals surface area contributed by atoms with Crippen LogP contribution in [0.4, 0.5) is 0 Å². The highest BCUT2D eigenvalue weighted by Crippen LogP contribution is 2.33. The van der Waals surface area contributed by atoms with E-state index in [0.29, 0.717) is 36.8 Å². The summed E-state index contributed by atoms with van der Waals surface area (Å²) >= 11 is 0. The van der Waals surface area contributed by atoms with Crippen molar-refractivity contribution < 1.29 is 19.0 Å². The Labute approximate surface area is 150 Å². The molecule has 0 unspecified atom stereocenters. The van der Waals surface area contributed by atoms with Gasteiger partial charge in [0.05, 0.1) is 32.5 Å². The second kappa shape index (κ2) is 8.56. The number of hydrogen-bond acceptors (Lipinski definition) is 4. The van der Waals surface area contributed by atoms with E-state index in [4.69, 9.17) is 14.2 Å². The molecular formula is C20H29NO4. The molecule has 0 aromatic heterocycles. The zero-order valence-electron chi connectivity index (χ0n) is 15.3. The van der Waals surface area contributed by atoms with Crippen LogP contribution in [0.1, 0.15) is 48.9 Å². The number of ether oxygens (including phenoxy) is 3. The zero-order chi connectivity index (χ0) is 17.6. The van der Waals surface area contributed by atoms with Gasteiger partial charge in [-0.1, -0.05) is 38.2 Å². The molecule has 1 aromatic rings. The largest absolute Gasteiger partial charge is 0.493 e. The number of rotatable bonds is 5. The topological polar surface area (TPSA) is 48.0 Å². The fraction of sp³-hybridized carbons (Fsp3) is 0.650. The molecule has 0 spiro atoms. The maximum absolute atomic E-state index is 13.0. The van der Waals surface area contributed by atoms with Crippen LogP contribution >= 0.6 is 0 Å². The minimum atomic E-state index is -0.00676. The van der Waals surface area contributed by atoms with Gasteiger partial charge < -0.3 is 19.1 Å². The molecule has 0 N–H and O–H groups in total. The molecule has 5 heteroatoms. The molecule has 2 aliphatic rings. The van der Waals surface area contributed by atoms with Crippen LogP contribution in [0, 0.1) is 5.92 Å². The molecular weight excluding hydrogens is 318 g/mol. The summed E-state index contributed by atoms with van der Waals surface area (Å²) < 4.78 is 16.7. The van der Waals surface area contributed by atoms with Crippen molar-refractivity contribution in [1.29, 1.82) is 0 Å². The molecule has 1 saturated carbocycles. The normalized spacial score (nSPS) is 21.8. The minimum absolute atomic E-state index is 0.00676. The second-order valence-electron chi connectivity index (χ2n) is 7.02. The van der Waals surface area contributed by atoms with Crippen molar-refractivity contribution >= 4 is 5.91 Å². The van der Waals surface area contributed by atoms with E-state index in [2.05, 4.69) is 0 Å². The number of carbonyl (C=O) groups is 1. The zero-order valence-corrected chi connectivity index (χ0v) is 15.3. The van der Waals surface area contributed by atoms with Crippen molar-refractivity contribution in [3.8, 4) is 11.5 Å². The highest BCUT2D eigenvalue weighted by atomic mass is 16.5. The molecule has 5 nitrogen and oxygen atoms in total. The fourth-order valence-electron chi connectivity index (χ4n) is 4.07. The molecule has 1 heterocycles. The SMILES string of the molecule is COc1cccc(C(=O)N2CCO[C@@H](CC3CCCCC3)C2)c1OC. The average molecular weight is 347 g/mol. The maximum Gasteiger partial charge on any atom is 0.257 e. The summed E-state index contributed by atoms with van der Waals surface area (Å²) in [5.74, 6) is 1.83. The number of hydrogen-bond donors (Lipinski definition) is 0. The Kier molecular flexibility index (Phi) is 6.19. The second-order valence-corrected chi connectivity index (χ2v) is 7.02. The predicted molar refractivity (Wildman–Crippen MR) is 96.4 cm³/mol. The molecule has 3 rings (SSSR count). The van der Waals surface area contributed by atoms with E-state index in [-0.39, 0.29) is 12.0 Å². The summed E-state index contributed by atoms with van der Waals surface area (Å²) in [6.45, 7) is 1.89. The smallest absolute Gasteiger partial charge is 0.257 e. The van der Waals surface area contributed by atoms with Crippen LogP contribution in [-0.2, 0) is 4.74 Å². The Bertz CT molecular complexity index is 583. The number of carbonyl (C=O) groups excluding carboxylic acids is 1. The number of amides is 1. The molecule has 1 saturated heterocycles. The summed E-state index contributed by atoms with van der Waals surface area (Å²) in [5.41, 5.74) is 0.556. The van der Waals surface area contributed by atoms with Gasteiger partial charge in [-0.15, -0.1) is 0 Å². The lowest BCUT2D eigenvalue weighted by molar-refractivity contribution is -0.0337. The number of benzene rings is 1. The van der Waals surface area contributed by atoms with Crippen molar-refractivity contribution in [3.63, 3.8) is 0 Å². The van der Waals surface area contributed by atoms with Crippen LogP contribution in [0.2, 0.25) is 0 Å². The lowest BCUT2D eigenvalue weighted by Crippen LogP contribution is -2.46. The van der Waals surface area contributed by atoms with E-state index in [1.165, 1.54) is 32.1 Å². The van der Waals surface area contributed by atoms with Crippen LogP contribution < -0.4 is 9.47 Å². The van der Waals surface area contributed by atoms with E-state index < -0.39 is 0 Å². The predicted octanol–water partition coefficient (Wildman–Crippen LogP) is 3.52. The summed E-state index contributed by atoms with van der Waals surface area (Å²) in [6.07, 6.45) is 7.86. The molecule has 0 radical (unpaired) electrons. The Morgan fingerprint density at radius 3 is 2.72 bits per heavy atom. The van der Waals surface area contributed by atoms with Crippen molar-refractivity contribution in [3.05, 3.63) is 23.8 Å². The van der Waals surface area contributed by atoms with Gasteiger partial charge in [0.2, 0.25) is 0 Å². The van der Waals surface area contributed by atoms with Gasteiger partial charge in [0.1, 0.15) is 0 Å². The standard InChI is InChI=1S/C20H29NO4/c1-23-18-10-6-9-17(19(18)24-2)20(22)21-11-12-25-16(14-21)13-15-7-4-3-5-8-15/h6,9-10,15-16H,3-5,7-8,11-14H2,1-2H3/t16-/m0/s1. The first-order chi connectivity index (χ1) is 12.2. The third-order valence-corrected chi connectivity index (χ3v) is 5.38. The van der Waals surface area contributed by atoms with E-state index in [9.17, 15) is 4.79 Å². The van der Waals surface area contributed by atoms with Gasteiger partial charge in [0.15, 0.2) is 11.5 Å². The van der Waals surface area contributed by atoms with Gasteiger partial charge in [0.25, 0.3) is 5.91 Å². The fourth-order valence-corrected chi connectivity index (χ4v) is 4.07. The Morgan fingerprint density at radius 2 is 2.00 bits per heavy atom. The first-order valence-electron chi connectivity index (χ1n) is 9.34. The highest BCUT2D eigenvalue weighted by Gasteiger charge is 2.29. The van der Waals surface area contributed by atoms with E-state index in [1.54, 1.807) is 26.4 Å². The molecule has 2 fully saturated rings. The minimum Gasteiger partial charge on any atom is -0.493 e. The molecule has 1 amide bonds. The third-order valence-electron chi connectivity index (χ3n) is 5.38. The molecule has 25 heavy (non-hydrogen) atoms. The van der Waals surface area contributed by atoms with Crippen LogP contribution in [0.5, 0.6) is 11.5 Å². The van der Waals surface area contributed by atoms with Crippen molar-refractivity contribution in [2.45, 2.75) is 44.6 Å². The molecule has 1 aromatic carbocycles. The average Bonchev–Trinajstić information content (AvgIpc) is 2.67. The van der Waals surface area contributed by atoms with Gasteiger partial charge in [-0.3, -0.25) is 4.79 Å². The van der Waals surface area contributed by atoms with E-state index in [0.717, 1.165) is 12.3 Å². The lowest BCUT2D eigenvalue weighted by Gasteiger charge is -2.35. The first-order valence-corrected chi connectivity index (χ1v) is 9.34. The van der Waals surface area contributed by atoms with Crippen LogP contribution in [0.15, 0.2) is 18.2 Å². The van der Waals surface area contributed by atoms with Gasteiger partial charge in [-0.05, 0) is 24.5 Å². The molecule has 1 aliphatic heterocycles. The molecule has 1 aliphatic carbocycles. The summed E-state index contributed by atoms with van der Waals surface area (Å²) in [6, 6.07) is 5.44. The van der Waals surface area contributed by atoms with Crippen LogP contribution in [0.3, 0.4) is 0 Å². The Morgan fingerprint density at radius 1 is 1.20 bits per heavy atom. The summed E-state index contributed by atoms with van der Waals surface area (Å²) in [4.78, 5) is 14.9. The number of para-hydroxylation sites is 1. The Hall–Kier alpha value is -1.75. The van der Waals surface area contributed by atoms with Crippen molar-refractivity contribution in [1.82, 2.24) is 4.90 Å². The summed E-state index contributed by atoms with van der Waals surface area (Å²) in [5, 5.41) is 0. The van der Waals surface area contributed by atoms with Gasteiger partial charge >= 0.3 is 0 Å². The van der Waals surface area contributed by atoms with Crippen LogP contribution in [-0.4, -0.2) is 50.8 Å². The van der Waals surface area contributed by atoms with Crippen LogP contribution in [0.25, 0.3) is 0 Å². The maximum atomic E-state index is 13.0. The summed E-state index contributed by atoms with van der Waals surface area (Å²) in [7, 11) is 3.15. The quantitative estimate of drug-likeness (QED) is 0.818. The lowest BCUT2D eigenvalue weighted by atomic mass is 9.85. The number of methoxy groups -OCH3 is 2. The first kappa shape index (κ1) is 18.1. The van der Waals surface area contributed by atoms with E-state index in [1.807, 2.05) is 11.0 Å². The van der Waals surface area contributed by atoms with Gasteiger partial charge in [-0.25, -0.2) is 0 Å². The monoisotopic (exact) mass is 347 g/mol.